The minimum absolute atomic E-state index is 0.0808. The summed E-state index contributed by atoms with van der Waals surface area (Å²) in [6, 6.07) is 3.91. The molecule has 0 spiro atoms. The molecule has 18 heavy (non-hydrogen) atoms. The molecular formula is C10H6F3N3O2. The number of nitro benzene ring substituents is 1. The van der Waals surface area contributed by atoms with Crippen LogP contribution in [0, 0.1) is 10.1 Å². The molecule has 2 aromatic rings. The van der Waals surface area contributed by atoms with Crippen molar-refractivity contribution in [3.05, 3.63) is 46.1 Å². The van der Waals surface area contributed by atoms with E-state index in [2.05, 4.69) is 10.2 Å². The molecule has 2 rings (SSSR count). The average molecular weight is 257 g/mol. The fourth-order valence-corrected chi connectivity index (χ4v) is 1.51. The molecule has 1 aromatic carbocycles. The van der Waals surface area contributed by atoms with E-state index in [9.17, 15) is 23.3 Å². The average Bonchev–Trinajstić information content (AvgIpc) is 2.80. The smallest absolute Gasteiger partial charge is 0.285 e. The molecule has 0 saturated carbocycles. The number of H-pyrrole nitrogens is 1. The first-order chi connectivity index (χ1) is 8.39. The van der Waals surface area contributed by atoms with E-state index >= 15 is 0 Å². The van der Waals surface area contributed by atoms with Gasteiger partial charge < -0.3 is 0 Å². The highest BCUT2D eigenvalue weighted by atomic mass is 19.4. The number of halogens is 3. The van der Waals surface area contributed by atoms with Crippen LogP contribution in [0.3, 0.4) is 0 Å². The van der Waals surface area contributed by atoms with Gasteiger partial charge in [-0.05, 0) is 12.1 Å². The second kappa shape index (κ2) is 4.13. The summed E-state index contributed by atoms with van der Waals surface area (Å²) in [5.41, 5.74) is -1.81. The summed E-state index contributed by atoms with van der Waals surface area (Å²) in [5.74, 6) is 0. The van der Waals surface area contributed by atoms with Gasteiger partial charge in [-0.2, -0.15) is 18.3 Å². The molecule has 0 fully saturated rings. The van der Waals surface area contributed by atoms with Gasteiger partial charge in [-0.25, -0.2) is 0 Å². The first-order valence-corrected chi connectivity index (χ1v) is 4.75. The molecular weight excluding hydrogens is 251 g/mol. The second-order valence-electron chi connectivity index (χ2n) is 3.44. The van der Waals surface area contributed by atoms with Gasteiger partial charge in [0, 0.05) is 23.9 Å². The molecule has 0 aliphatic heterocycles. The Bertz CT molecular complexity index is 579. The maximum Gasteiger partial charge on any atom is 0.417 e. The van der Waals surface area contributed by atoms with Crippen LogP contribution in [0.1, 0.15) is 5.56 Å². The molecule has 0 aliphatic rings. The largest absolute Gasteiger partial charge is 0.417 e. The SMILES string of the molecule is O=[N+]([O-])c1ccc(-c2cc[nH]n2)c(C(F)(F)F)c1. The number of rotatable bonds is 2. The number of aromatic nitrogens is 2. The summed E-state index contributed by atoms with van der Waals surface area (Å²) in [7, 11) is 0. The summed E-state index contributed by atoms with van der Waals surface area (Å²) in [6.07, 6.45) is -3.31. The molecule has 0 atom stereocenters. The number of hydrogen-bond acceptors (Lipinski definition) is 3. The summed E-state index contributed by atoms with van der Waals surface area (Å²) in [6.45, 7) is 0. The van der Waals surface area contributed by atoms with Crippen molar-refractivity contribution in [3.63, 3.8) is 0 Å². The van der Waals surface area contributed by atoms with Crippen molar-refractivity contribution in [1.82, 2.24) is 10.2 Å². The zero-order valence-corrected chi connectivity index (χ0v) is 8.73. The van der Waals surface area contributed by atoms with E-state index in [1.807, 2.05) is 0 Å². The third kappa shape index (κ3) is 2.17. The Morgan fingerprint density at radius 3 is 2.50 bits per heavy atom. The minimum atomic E-state index is -4.68. The van der Waals surface area contributed by atoms with Crippen molar-refractivity contribution < 1.29 is 18.1 Å². The van der Waals surface area contributed by atoms with Crippen molar-refractivity contribution in [3.8, 4) is 11.3 Å². The third-order valence-corrected chi connectivity index (χ3v) is 2.30. The fourth-order valence-electron chi connectivity index (χ4n) is 1.51. The van der Waals surface area contributed by atoms with Gasteiger partial charge in [0.25, 0.3) is 5.69 Å². The topological polar surface area (TPSA) is 71.8 Å². The number of nitrogens with one attached hydrogen (secondary N) is 1. The highest BCUT2D eigenvalue weighted by Gasteiger charge is 2.35. The van der Waals surface area contributed by atoms with Gasteiger partial charge in [-0.1, -0.05) is 0 Å². The number of benzene rings is 1. The van der Waals surface area contributed by atoms with E-state index in [-0.39, 0.29) is 11.3 Å². The minimum Gasteiger partial charge on any atom is -0.285 e. The molecule has 1 N–H and O–H groups in total. The Morgan fingerprint density at radius 2 is 2.00 bits per heavy atom. The fraction of sp³-hybridized carbons (Fsp3) is 0.100. The Labute approximate surface area is 98.4 Å². The maximum atomic E-state index is 12.8. The number of hydrogen-bond donors (Lipinski definition) is 1. The lowest BCUT2D eigenvalue weighted by molar-refractivity contribution is -0.385. The number of nitro groups is 1. The predicted octanol–water partition coefficient (Wildman–Crippen LogP) is 3.00. The molecule has 0 unspecified atom stereocenters. The van der Waals surface area contributed by atoms with Gasteiger partial charge in [-0.3, -0.25) is 15.2 Å². The van der Waals surface area contributed by atoms with Crippen LogP contribution in [0.4, 0.5) is 18.9 Å². The van der Waals surface area contributed by atoms with Crippen molar-refractivity contribution in [2.45, 2.75) is 6.18 Å². The van der Waals surface area contributed by atoms with Crippen LogP contribution in [0.25, 0.3) is 11.3 Å². The van der Waals surface area contributed by atoms with Gasteiger partial charge in [0.15, 0.2) is 0 Å². The molecule has 94 valence electrons. The van der Waals surface area contributed by atoms with Crippen molar-refractivity contribution in [2.75, 3.05) is 0 Å². The van der Waals surface area contributed by atoms with Gasteiger partial charge in [0.1, 0.15) is 0 Å². The highest BCUT2D eigenvalue weighted by Crippen LogP contribution is 2.38. The van der Waals surface area contributed by atoms with E-state index in [0.29, 0.717) is 6.07 Å². The van der Waals surface area contributed by atoms with E-state index < -0.39 is 22.4 Å². The standard InChI is InChI=1S/C10H6F3N3O2/c11-10(12,13)8-5-6(16(17)18)1-2-7(8)9-3-4-14-15-9/h1-5H,(H,14,15). The van der Waals surface area contributed by atoms with Crippen molar-refractivity contribution in [1.29, 1.82) is 0 Å². The van der Waals surface area contributed by atoms with E-state index in [1.165, 1.54) is 12.3 Å². The molecule has 5 nitrogen and oxygen atoms in total. The second-order valence-corrected chi connectivity index (χ2v) is 3.44. The van der Waals surface area contributed by atoms with Crippen molar-refractivity contribution >= 4 is 5.69 Å². The van der Waals surface area contributed by atoms with Crippen LogP contribution >= 0.6 is 0 Å². The highest BCUT2D eigenvalue weighted by molar-refractivity contribution is 5.66. The van der Waals surface area contributed by atoms with E-state index in [4.69, 9.17) is 0 Å². The normalized spacial score (nSPS) is 11.5. The number of non-ortho nitro benzene ring substituents is 1. The van der Waals surface area contributed by atoms with Gasteiger partial charge >= 0.3 is 6.18 Å². The van der Waals surface area contributed by atoms with Gasteiger partial charge in [-0.15, -0.1) is 0 Å². The summed E-state index contributed by atoms with van der Waals surface area (Å²) < 4.78 is 38.5. The zero-order chi connectivity index (χ0) is 13.3. The van der Waals surface area contributed by atoms with Crippen LogP contribution in [-0.2, 0) is 6.18 Å². The number of nitrogens with zero attached hydrogens (tertiary/aromatic N) is 2. The van der Waals surface area contributed by atoms with Crippen LogP contribution in [0.5, 0.6) is 0 Å². The van der Waals surface area contributed by atoms with Gasteiger partial charge in [0.05, 0.1) is 16.2 Å². The van der Waals surface area contributed by atoms with E-state index in [0.717, 1.165) is 12.1 Å². The van der Waals surface area contributed by atoms with Gasteiger partial charge in [0.2, 0.25) is 0 Å². The summed E-state index contributed by atoms with van der Waals surface area (Å²) >= 11 is 0. The molecule has 0 amide bonds. The molecule has 0 saturated heterocycles. The molecule has 1 heterocycles. The number of alkyl halides is 3. The molecule has 0 aliphatic carbocycles. The Hall–Kier alpha value is -2.38. The third-order valence-electron chi connectivity index (χ3n) is 2.30. The monoisotopic (exact) mass is 257 g/mol. The summed E-state index contributed by atoms with van der Waals surface area (Å²) in [4.78, 5) is 9.62. The number of aromatic amines is 1. The Morgan fingerprint density at radius 1 is 1.28 bits per heavy atom. The van der Waals surface area contributed by atoms with Crippen LogP contribution in [0.15, 0.2) is 30.5 Å². The predicted molar refractivity (Wildman–Crippen MR) is 55.7 cm³/mol. The van der Waals surface area contributed by atoms with Crippen LogP contribution in [-0.4, -0.2) is 15.1 Å². The molecule has 0 radical (unpaired) electrons. The lowest BCUT2D eigenvalue weighted by atomic mass is 10.0. The van der Waals surface area contributed by atoms with Crippen LogP contribution in [0.2, 0.25) is 0 Å². The lowest BCUT2D eigenvalue weighted by Gasteiger charge is -2.10. The molecule has 1 aromatic heterocycles. The Balaban J connectivity index is 2.64. The van der Waals surface area contributed by atoms with Crippen LogP contribution < -0.4 is 0 Å². The molecule has 8 heteroatoms. The molecule has 0 bridgehead atoms. The Kier molecular flexibility index (Phi) is 2.77. The van der Waals surface area contributed by atoms with E-state index in [1.54, 1.807) is 0 Å². The maximum absolute atomic E-state index is 12.8. The first-order valence-electron chi connectivity index (χ1n) is 4.75. The van der Waals surface area contributed by atoms with Crippen molar-refractivity contribution in [2.24, 2.45) is 0 Å². The zero-order valence-electron chi connectivity index (χ0n) is 8.73. The first kappa shape index (κ1) is 12.1. The lowest BCUT2D eigenvalue weighted by Crippen LogP contribution is -2.08. The summed E-state index contributed by atoms with van der Waals surface area (Å²) in [5, 5.41) is 16.5. The quantitative estimate of drug-likeness (QED) is 0.664.